The number of rotatable bonds is 9. The van der Waals surface area contributed by atoms with Gasteiger partial charge in [-0.25, -0.2) is 0 Å². The largest absolute Gasteiger partial charge is 0.395 e. The van der Waals surface area contributed by atoms with Gasteiger partial charge in [0.25, 0.3) is 0 Å². The number of aliphatic hydroxyl groups is 1. The molecule has 1 aliphatic heterocycles. The lowest BCUT2D eigenvalue weighted by molar-refractivity contribution is 0.192. The fraction of sp³-hybridized carbons (Fsp3) is 1.00. The normalized spacial score (nSPS) is 22.8. The Kier molecular flexibility index (Phi) is 7.82. The molecule has 4 heteroatoms. The van der Waals surface area contributed by atoms with E-state index in [1.807, 2.05) is 0 Å². The van der Waals surface area contributed by atoms with Crippen molar-refractivity contribution in [3.05, 3.63) is 0 Å². The number of likely N-dealkylation sites (N-methyl/N-ethyl adjacent to an activating group) is 2. The van der Waals surface area contributed by atoms with Crippen molar-refractivity contribution in [2.24, 2.45) is 0 Å². The third kappa shape index (κ3) is 5.65. The molecule has 0 radical (unpaired) electrons. The monoisotopic (exact) mass is 257 g/mol. The molecule has 18 heavy (non-hydrogen) atoms. The molecule has 0 aliphatic carbocycles. The number of nitrogens with zero attached hydrogens (tertiary/aromatic N) is 2. The van der Waals surface area contributed by atoms with Crippen LogP contribution in [0, 0.1) is 0 Å². The van der Waals surface area contributed by atoms with E-state index in [-0.39, 0.29) is 12.6 Å². The van der Waals surface area contributed by atoms with Gasteiger partial charge >= 0.3 is 0 Å². The molecule has 0 bridgehead atoms. The standard InChI is InChI=1S/C14H31N3O/c1-4-8-15-13(12-18)7-10-16(2)11-14-6-5-9-17(14)3/h13-15,18H,4-12H2,1-3H3. The number of hydrogen-bond donors (Lipinski definition) is 2. The third-order valence-corrected chi connectivity index (χ3v) is 3.96. The number of aliphatic hydroxyl groups excluding tert-OH is 1. The van der Waals surface area contributed by atoms with E-state index in [1.54, 1.807) is 0 Å². The van der Waals surface area contributed by atoms with E-state index in [4.69, 9.17) is 0 Å². The zero-order chi connectivity index (χ0) is 13.4. The molecule has 1 saturated heterocycles. The van der Waals surface area contributed by atoms with E-state index in [1.165, 1.54) is 19.4 Å². The molecular weight excluding hydrogens is 226 g/mol. The van der Waals surface area contributed by atoms with Crippen molar-refractivity contribution in [2.45, 2.75) is 44.7 Å². The van der Waals surface area contributed by atoms with Crippen LogP contribution in [-0.4, -0.2) is 73.9 Å². The maximum atomic E-state index is 9.30. The van der Waals surface area contributed by atoms with Crippen molar-refractivity contribution in [1.29, 1.82) is 0 Å². The Morgan fingerprint density at radius 3 is 2.83 bits per heavy atom. The van der Waals surface area contributed by atoms with Gasteiger partial charge in [-0.3, -0.25) is 0 Å². The predicted molar refractivity (Wildman–Crippen MR) is 76.9 cm³/mol. The van der Waals surface area contributed by atoms with E-state index < -0.39 is 0 Å². The molecule has 0 aromatic heterocycles. The minimum absolute atomic E-state index is 0.247. The second kappa shape index (κ2) is 8.86. The van der Waals surface area contributed by atoms with Gasteiger partial charge < -0.3 is 20.2 Å². The zero-order valence-corrected chi connectivity index (χ0v) is 12.4. The number of hydrogen-bond acceptors (Lipinski definition) is 4. The fourth-order valence-electron chi connectivity index (χ4n) is 2.64. The van der Waals surface area contributed by atoms with E-state index in [0.717, 1.165) is 38.5 Å². The molecule has 2 atom stereocenters. The molecule has 0 amide bonds. The first-order chi connectivity index (χ1) is 8.67. The van der Waals surface area contributed by atoms with Crippen LogP contribution >= 0.6 is 0 Å². The second-order valence-electron chi connectivity index (χ2n) is 5.66. The van der Waals surface area contributed by atoms with E-state index in [2.05, 4.69) is 36.1 Å². The second-order valence-corrected chi connectivity index (χ2v) is 5.66. The van der Waals surface area contributed by atoms with Crippen LogP contribution in [0.1, 0.15) is 32.6 Å². The third-order valence-electron chi connectivity index (χ3n) is 3.96. The minimum atomic E-state index is 0.247. The summed E-state index contributed by atoms with van der Waals surface area (Å²) >= 11 is 0. The quantitative estimate of drug-likeness (QED) is 0.640. The summed E-state index contributed by atoms with van der Waals surface area (Å²) in [4.78, 5) is 4.87. The summed E-state index contributed by atoms with van der Waals surface area (Å²) in [5.74, 6) is 0. The maximum Gasteiger partial charge on any atom is 0.0585 e. The minimum Gasteiger partial charge on any atom is -0.395 e. The topological polar surface area (TPSA) is 38.7 Å². The lowest BCUT2D eigenvalue weighted by Gasteiger charge is -2.27. The summed E-state index contributed by atoms with van der Waals surface area (Å²) in [6.45, 7) is 6.87. The summed E-state index contributed by atoms with van der Waals surface area (Å²) in [5, 5.41) is 12.7. The molecule has 4 nitrogen and oxygen atoms in total. The van der Waals surface area contributed by atoms with Crippen molar-refractivity contribution in [1.82, 2.24) is 15.1 Å². The molecule has 108 valence electrons. The first-order valence-electron chi connectivity index (χ1n) is 7.40. The van der Waals surface area contributed by atoms with Crippen molar-refractivity contribution in [3.8, 4) is 0 Å². The van der Waals surface area contributed by atoms with Crippen LogP contribution in [-0.2, 0) is 0 Å². The molecule has 0 spiro atoms. The molecule has 1 rings (SSSR count). The molecule has 0 aromatic carbocycles. The van der Waals surface area contributed by atoms with Crippen molar-refractivity contribution < 1.29 is 5.11 Å². The number of likely N-dealkylation sites (tertiary alicyclic amines) is 1. The Balaban J connectivity index is 2.16. The molecular formula is C14H31N3O. The van der Waals surface area contributed by atoms with Crippen LogP contribution in [0.15, 0.2) is 0 Å². The molecule has 1 aliphatic rings. The Hall–Kier alpha value is -0.160. The fourth-order valence-corrected chi connectivity index (χ4v) is 2.64. The highest BCUT2D eigenvalue weighted by molar-refractivity contribution is 4.79. The van der Waals surface area contributed by atoms with Crippen LogP contribution in [0.4, 0.5) is 0 Å². The Morgan fingerprint density at radius 2 is 2.28 bits per heavy atom. The van der Waals surface area contributed by atoms with Crippen LogP contribution < -0.4 is 5.32 Å². The van der Waals surface area contributed by atoms with Crippen molar-refractivity contribution in [3.63, 3.8) is 0 Å². The smallest absolute Gasteiger partial charge is 0.0585 e. The molecule has 1 fully saturated rings. The van der Waals surface area contributed by atoms with Gasteiger partial charge in [0.2, 0.25) is 0 Å². The van der Waals surface area contributed by atoms with Gasteiger partial charge in [-0.2, -0.15) is 0 Å². The highest BCUT2D eigenvalue weighted by Crippen LogP contribution is 2.15. The van der Waals surface area contributed by atoms with E-state index in [0.29, 0.717) is 0 Å². The lowest BCUT2D eigenvalue weighted by atomic mass is 10.1. The van der Waals surface area contributed by atoms with Gasteiger partial charge in [-0.05, 0) is 59.4 Å². The van der Waals surface area contributed by atoms with E-state index >= 15 is 0 Å². The summed E-state index contributed by atoms with van der Waals surface area (Å²) in [6.07, 6.45) is 4.83. The Labute approximate surface area is 112 Å². The molecule has 1 heterocycles. The maximum absolute atomic E-state index is 9.30. The van der Waals surface area contributed by atoms with Crippen molar-refractivity contribution >= 4 is 0 Å². The zero-order valence-electron chi connectivity index (χ0n) is 12.4. The van der Waals surface area contributed by atoms with Crippen LogP contribution in [0.5, 0.6) is 0 Å². The van der Waals surface area contributed by atoms with Crippen LogP contribution in [0.3, 0.4) is 0 Å². The summed E-state index contributed by atoms with van der Waals surface area (Å²) < 4.78 is 0. The van der Waals surface area contributed by atoms with Crippen LogP contribution in [0.25, 0.3) is 0 Å². The highest BCUT2D eigenvalue weighted by atomic mass is 16.3. The average Bonchev–Trinajstić information content (AvgIpc) is 2.75. The van der Waals surface area contributed by atoms with Crippen molar-refractivity contribution in [2.75, 3.05) is 46.9 Å². The van der Waals surface area contributed by atoms with E-state index in [9.17, 15) is 5.11 Å². The lowest BCUT2D eigenvalue weighted by Crippen LogP contribution is -2.40. The Bertz CT molecular complexity index is 213. The summed E-state index contributed by atoms with van der Waals surface area (Å²) in [5.41, 5.74) is 0. The number of nitrogens with one attached hydrogen (secondary N) is 1. The van der Waals surface area contributed by atoms with Crippen LogP contribution in [0.2, 0.25) is 0 Å². The predicted octanol–water partition coefficient (Wildman–Crippen LogP) is 0.763. The summed E-state index contributed by atoms with van der Waals surface area (Å²) in [7, 11) is 4.42. The summed E-state index contributed by atoms with van der Waals surface area (Å²) in [6, 6.07) is 0.986. The molecule has 0 aromatic rings. The average molecular weight is 257 g/mol. The first kappa shape index (κ1) is 15.9. The van der Waals surface area contributed by atoms with Gasteiger partial charge in [0.1, 0.15) is 0 Å². The molecule has 0 saturated carbocycles. The van der Waals surface area contributed by atoms with Gasteiger partial charge in [0.05, 0.1) is 6.61 Å². The highest BCUT2D eigenvalue weighted by Gasteiger charge is 2.22. The Morgan fingerprint density at radius 1 is 1.50 bits per heavy atom. The SMILES string of the molecule is CCCNC(CO)CCN(C)CC1CCCN1C. The van der Waals surface area contributed by atoms with Gasteiger partial charge in [0.15, 0.2) is 0 Å². The molecule has 2 N–H and O–H groups in total. The van der Waals surface area contributed by atoms with Gasteiger partial charge in [-0.15, -0.1) is 0 Å². The first-order valence-corrected chi connectivity index (χ1v) is 7.40. The van der Waals surface area contributed by atoms with Gasteiger partial charge in [-0.1, -0.05) is 6.92 Å². The van der Waals surface area contributed by atoms with Gasteiger partial charge in [0, 0.05) is 18.6 Å². The molecule has 2 unspecified atom stereocenters.